The molecule has 3 rings (SSSR count). The number of hydrogen-bond acceptors (Lipinski definition) is 2. The highest BCUT2D eigenvalue weighted by atomic mass is 35.5. The zero-order chi connectivity index (χ0) is 14.1. The number of anilines is 1. The van der Waals surface area contributed by atoms with Crippen molar-refractivity contribution in [3.63, 3.8) is 0 Å². The van der Waals surface area contributed by atoms with Crippen molar-refractivity contribution in [2.24, 2.45) is 0 Å². The lowest BCUT2D eigenvalue weighted by atomic mass is 10.1. The van der Waals surface area contributed by atoms with E-state index in [4.69, 9.17) is 17.3 Å². The van der Waals surface area contributed by atoms with E-state index in [9.17, 15) is 4.79 Å². The molecule has 20 heavy (non-hydrogen) atoms. The van der Waals surface area contributed by atoms with Crippen molar-refractivity contribution in [2.75, 3.05) is 5.73 Å². The van der Waals surface area contributed by atoms with Crippen molar-refractivity contribution in [2.45, 2.75) is 6.54 Å². The van der Waals surface area contributed by atoms with Gasteiger partial charge in [-0.2, -0.15) is 0 Å². The van der Waals surface area contributed by atoms with Crippen LogP contribution < -0.4 is 11.2 Å². The summed E-state index contributed by atoms with van der Waals surface area (Å²) in [7, 11) is 0. The number of benzene rings is 2. The van der Waals surface area contributed by atoms with E-state index in [1.807, 2.05) is 34.9 Å². The predicted molar refractivity (Wildman–Crippen MR) is 83.2 cm³/mol. The van der Waals surface area contributed by atoms with Gasteiger partial charge in [0.05, 0.1) is 5.52 Å². The second-order valence-corrected chi connectivity index (χ2v) is 5.08. The number of nitrogen functional groups attached to an aromatic ring is 1. The van der Waals surface area contributed by atoms with Gasteiger partial charge in [-0.3, -0.25) is 4.79 Å². The second kappa shape index (κ2) is 5.02. The molecule has 0 saturated heterocycles. The molecule has 3 aromatic rings. The number of hydrogen-bond donors (Lipinski definition) is 1. The first-order valence-electron chi connectivity index (χ1n) is 6.27. The summed E-state index contributed by atoms with van der Waals surface area (Å²) < 4.78 is 2.00. The number of rotatable bonds is 2. The summed E-state index contributed by atoms with van der Waals surface area (Å²) in [6.45, 7) is 0.574. The first-order chi connectivity index (χ1) is 9.65. The first-order valence-corrected chi connectivity index (χ1v) is 6.65. The van der Waals surface area contributed by atoms with E-state index < -0.39 is 0 Å². The average Bonchev–Trinajstić information content (AvgIpc) is 2.46. The highest BCUT2D eigenvalue weighted by Crippen LogP contribution is 2.21. The Labute approximate surface area is 121 Å². The van der Waals surface area contributed by atoms with Gasteiger partial charge >= 0.3 is 0 Å². The summed E-state index contributed by atoms with van der Waals surface area (Å²) in [5.41, 5.74) is 8.32. The monoisotopic (exact) mass is 284 g/mol. The maximum Gasteiger partial charge on any atom is 0.189 e. The molecule has 2 N–H and O–H groups in total. The van der Waals surface area contributed by atoms with Gasteiger partial charge in [0.25, 0.3) is 0 Å². The Morgan fingerprint density at radius 3 is 2.75 bits per heavy atom. The Bertz CT molecular complexity index is 839. The van der Waals surface area contributed by atoms with Crippen LogP contribution in [0.15, 0.2) is 59.5 Å². The Morgan fingerprint density at radius 2 is 1.90 bits per heavy atom. The molecule has 0 spiro atoms. The van der Waals surface area contributed by atoms with Crippen LogP contribution in [-0.2, 0) is 6.54 Å². The highest BCUT2D eigenvalue weighted by molar-refractivity contribution is 6.31. The van der Waals surface area contributed by atoms with Crippen LogP contribution in [0.4, 0.5) is 5.69 Å². The molecule has 0 amide bonds. The fraction of sp³-hybridized carbons (Fsp3) is 0.0625. The van der Waals surface area contributed by atoms with Crippen LogP contribution in [0.25, 0.3) is 10.9 Å². The van der Waals surface area contributed by atoms with E-state index >= 15 is 0 Å². The van der Waals surface area contributed by atoms with Crippen LogP contribution in [0.1, 0.15) is 5.56 Å². The van der Waals surface area contributed by atoms with Crippen molar-refractivity contribution in [1.82, 2.24) is 4.57 Å². The lowest BCUT2D eigenvalue weighted by Gasteiger charge is -2.12. The number of nitrogens with two attached hydrogens (primary N) is 1. The van der Waals surface area contributed by atoms with Crippen molar-refractivity contribution < 1.29 is 0 Å². The van der Waals surface area contributed by atoms with Crippen LogP contribution in [0, 0.1) is 0 Å². The molecule has 1 heterocycles. The Hall–Kier alpha value is -2.26. The number of pyridine rings is 1. The molecule has 0 unspecified atom stereocenters. The third-order valence-electron chi connectivity index (χ3n) is 3.30. The van der Waals surface area contributed by atoms with Gasteiger partial charge in [-0.05, 0) is 35.9 Å². The minimum Gasteiger partial charge on any atom is -0.399 e. The van der Waals surface area contributed by atoms with Gasteiger partial charge in [0.15, 0.2) is 5.43 Å². The fourth-order valence-corrected chi connectivity index (χ4v) is 2.47. The highest BCUT2D eigenvalue weighted by Gasteiger charge is 2.05. The van der Waals surface area contributed by atoms with Crippen molar-refractivity contribution in [3.8, 4) is 0 Å². The molecule has 100 valence electrons. The van der Waals surface area contributed by atoms with Gasteiger partial charge in [-0.15, -0.1) is 0 Å². The van der Waals surface area contributed by atoms with E-state index in [2.05, 4.69) is 0 Å². The first kappa shape index (κ1) is 12.8. The standard InChI is InChI=1S/C16H13ClN2O/c17-14-6-5-12(18)9-11(14)10-19-8-7-16(20)13-3-1-2-4-15(13)19/h1-9H,10,18H2. The molecule has 0 radical (unpaired) electrons. The zero-order valence-electron chi connectivity index (χ0n) is 10.7. The minimum absolute atomic E-state index is 0.0236. The SMILES string of the molecule is Nc1ccc(Cl)c(Cn2ccc(=O)c3ccccc32)c1. The van der Waals surface area contributed by atoms with Gasteiger partial charge in [0.2, 0.25) is 0 Å². The van der Waals surface area contributed by atoms with Crippen LogP contribution in [0.2, 0.25) is 5.02 Å². The molecule has 0 bridgehead atoms. The fourth-order valence-electron chi connectivity index (χ4n) is 2.30. The molecule has 1 aromatic heterocycles. The molecule has 4 heteroatoms. The van der Waals surface area contributed by atoms with E-state index in [-0.39, 0.29) is 5.43 Å². The molecule has 3 nitrogen and oxygen atoms in total. The lowest BCUT2D eigenvalue weighted by molar-refractivity contribution is 0.826. The van der Waals surface area contributed by atoms with Crippen LogP contribution in [-0.4, -0.2) is 4.57 Å². The number of halogens is 1. The largest absolute Gasteiger partial charge is 0.399 e. The Morgan fingerprint density at radius 1 is 1.10 bits per heavy atom. The second-order valence-electron chi connectivity index (χ2n) is 4.68. The number of aromatic nitrogens is 1. The van der Waals surface area contributed by atoms with Crippen molar-refractivity contribution in [3.05, 3.63) is 75.5 Å². The molecule has 0 atom stereocenters. The number of fused-ring (bicyclic) bond motifs is 1. The normalized spacial score (nSPS) is 10.8. The van der Waals surface area contributed by atoms with Gasteiger partial charge in [0.1, 0.15) is 0 Å². The molecular weight excluding hydrogens is 272 g/mol. The third kappa shape index (κ3) is 2.28. The minimum atomic E-state index is 0.0236. The topological polar surface area (TPSA) is 48.0 Å². The van der Waals surface area contributed by atoms with E-state index in [1.165, 1.54) is 0 Å². The maximum atomic E-state index is 11.8. The summed E-state index contributed by atoms with van der Waals surface area (Å²) >= 11 is 6.20. The molecule has 0 aliphatic heterocycles. The summed E-state index contributed by atoms with van der Waals surface area (Å²) in [4.78, 5) is 11.8. The van der Waals surface area contributed by atoms with E-state index in [0.29, 0.717) is 22.6 Å². The quantitative estimate of drug-likeness (QED) is 0.734. The summed E-state index contributed by atoms with van der Waals surface area (Å²) in [6, 6.07) is 14.5. The van der Waals surface area contributed by atoms with Gasteiger partial charge in [-0.1, -0.05) is 23.7 Å². The molecule has 0 aliphatic carbocycles. The number of nitrogens with zero attached hydrogens (tertiary/aromatic N) is 1. The van der Waals surface area contributed by atoms with E-state index in [1.54, 1.807) is 24.4 Å². The van der Waals surface area contributed by atoms with Crippen LogP contribution in [0.5, 0.6) is 0 Å². The van der Waals surface area contributed by atoms with Crippen LogP contribution >= 0.6 is 11.6 Å². The third-order valence-corrected chi connectivity index (χ3v) is 3.66. The summed E-state index contributed by atoms with van der Waals surface area (Å²) in [5.74, 6) is 0. The van der Waals surface area contributed by atoms with Crippen molar-refractivity contribution in [1.29, 1.82) is 0 Å². The van der Waals surface area contributed by atoms with E-state index in [0.717, 1.165) is 11.1 Å². The zero-order valence-corrected chi connectivity index (χ0v) is 11.5. The molecule has 0 saturated carbocycles. The maximum absolute atomic E-state index is 11.8. The number of para-hydroxylation sites is 1. The molecular formula is C16H13ClN2O. The van der Waals surface area contributed by atoms with Gasteiger partial charge < -0.3 is 10.3 Å². The smallest absolute Gasteiger partial charge is 0.189 e. The lowest BCUT2D eigenvalue weighted by Crippen LogP contribution is -2.09. The Kier molecular flexibility index (Phi) is 3.20. The molecule has 0 aliphatic rings. The average molecular weight is 285 g/mol. The summed E-state index contributed by atoms with van der Waals surface area (Å²) in [5, 5.41) is 1.37. The van der Waals surface area contributed by atoms with Crippen LogP contribution in [0.3, 0.4) is 0 Å². The predicted octanol–water partition coefficient (Wildman–Crippen LogP) is 3.29. The molecule has 2 aromatic carbocycles. The van der Waals surface area contributed by atoms with Gasteiger partial charge in [0, 0.05) is 34.9 Å². The van der Waals surface area contributed by atoms with Gasteiger partial charge in [-0.25, -0.2) is 0 Å². The summed E-state index contributed by atoms with van der Waals surface area (Å²) in [6.07, 6.45) is 1.78. The Balaban J connectivity index is 2.14. The molecule has 0 fully saturated rings. The van der Waals surface area contributed by atoms with Crippen molar-refractivity contribution >= 4 is 28.2 Å².